The molecular weight excluding hydrogens is 206 g/mol. The Hall–Kier alpha value is -0.870. The molecule has 3 nitrogen and oxygen atoms in total. The largest absolute Gasteiger partial charge is 0.316 e. The van der Waals surface area contributed by atoms with E-state index in [0.717, 1.165) is 31.6 Å². The van der Waals surface area contributed by atoms with Crippen molar-refractivity contribution in [1.29, 1.82) is 0 Å². The molecule has 1 fully saturated rings. The predicted octanol–water partition coefficient (Wildman–Crippen LogP) is 1.93. The zero-order valence-electron chi connectivity index (χ0n) is 8.86. The summed E-state index contributed by atoms with van der Waals surface area (Å²) in [7, 11) is 0. The lowest BCUT2D eigenvalue weighted by Gasteiger charge is -2.18. The van der Waals surface area contributed by atoms with Crippen LogP contribution in [0.1, 0.15) is 18.5 Å². The van der Waals surface area contributed by atoms with E-state index in [9.17, 15) is 0 Å². The van der Waals surface area contributed by atoms with E-state index >= 15 is 0 Å². The standard InChI is InChI=1S/C11H15N3S/c1-15-11(9-2-4-12-5-3-9)10-8-13-6-7-14-10/h6-8,12H,2-5H2,1H3. The van der Waals surface area contributed by atoms with Gasteiger partial charge in [0.05, 0.1) is 11.9 Å². The molecule has 1 N–H and O–H groups in total. The maximum Gasteiger partial charge on any atom is 0.0947 e. The summed E-state index contributed by atoms with van der Waals surface area (Å²) in [5.74, 6) is 0. The van der Waals surface area contributed by atoms with Crippen molar-refractivity contribution in [2.24, 2.45) is 0 Å². The predicted molar refractivity (Wildman–Crippen MR) is 64.6 cm³/mol. The van der Waals surface area contributed by atoms with Crippen LogP contribution in [0.15, 0.2) is 24.2 Å². The van der Waals surface area contributed by atoms with Crippen molar-refractivity contribution in [1.82, 2.24) is 15.3 Å². The first-order valence-corrected chi connectivity index (χ1v) is 6.37. The van der Waals surface area contributed by atoms with Gasteiger partial charge in [0.15, 0.2) is 0 Å². The van der Waals surface area contributed by atoms with Crippen LogP contribution in [0.3, 0.4) is 0 Å². The summed E-state index contributed by atoms with van der Waals surface area (Å²) in [5, 5.41) is 3.37. The molecule has 0 spiro atoms. The van der Waals surface area contributed by atoms with Crippen LogP contribution in [0.2, 0.25) is 0 Å². The van der Waals surface area contributed by atoms with Crippen LogP contribution in [-0.4, -0.2) is 29.3 Å². The third-order valence-electron chi connectivity index (χ3n) is 2.53. The fourth-order valence-electron chi connectivity index (χ4n) is 1.80. The van der Waals surface area contributed by atoms with E-state index in [-0.39, 0.29) is 0 Å². The molecule has 0 radical (unpaired) electrons. The van der Waals surface area contributed by atoms with Crippen LogP contribution in [0, 0.1) is 0 Å². The third-order valence-corrected chi connectivity index (χ3v) is 3.43. The highest BCUT2D eigenvalue weighted by Gasteiger charge is 2.12. The molecule has 15 heavy (non-hydrogen) atoms. The number of nitrogens with zero attached hydrogens (tertiary/aromatic N) is 2. The summed E-state index contributed by atoms with van der Waals surface area (Å²) < 4.78 is 0. The Morgan fingerprint density at radius 3 is 2.73 bits per heavy atom. The highest BCUT2D eigenvalue weighted by Crippen LogP contribution is 2.30. The molecule has 1 aliphatic rings. The van der Waals surface area contributed by atoms with E-state index < -0.39 is 0 Å². The minimum atomic E-state index is 1.02. The molecule has 1 saturated heterocycles. The Kier molecular flexibility index (Phi) is 3.75. The molecule has 4 heteroatoms. The van der Waals surface area contributed by atoms with Crippen molar-refractivity contribution in [2.75, 3.05) is 19.3 Å². The van der Waals surface area contributed by atoms with Crippen LogP contribution in [0.5, 0.6) is 0 Å². The van der Waals surface area contributed by atoms with Crippen molar-refractivity contribution >= 4 is 16.7 Å². The SMILES string of the molecule is CSC(=C1CCNCC1)c1cnccn1. The van der Waals surface area contributed by atoms with Crippen molar-refractivity contribution in [3.05, 3.63) is 29.9 Å². The van der Waals surface area contributed by atoms with E-state index in [2.05, 4.69) is 21.5 Å². The van der Waals surface area contributed by atoms with Crippen LogP contribution < -0.4 is 5.32 Å². The van der Waals surface area contributed by atoms with Crippen LogP contribution >= 0.6 is 11.8 Å². The summed E-state index contributed by atoms with van der Waals surface area (Å²) in [4.78, 5) is 9.80. The van der Waals surface area contributed by atoms with E-state index in [1.807, 2.05) is 6.20 Å². The van der Waals surface area contributed by atoms with Gasteiger partial charge >= 0.3 is 0 Å². The maximum atomic E-state index is 4.36. The average molecular weight is 221 g/mol. The number of hydrogen-bond acceptors (Lipinski definition) is 4. The molecule has 2 rings (SSSR count). The van der Waals surface area contributed by atoms with Crippen LogP contribution in [0.4, 0.5) is 0 Å². The Morgan fingerprint density at radius 1 is 1.33 bits per heavy atom. The monoisotopic (exact) mass is 221 g/mol. The lowest BCUT2D eigenvalue weighted by molar-refractivity contribution is 0.612. The maximum absolute atomic E-state index is 4.36. The van der Waals surface area contributed by atoms with Crippen molar-refractivity contribution in [2.45, 2.75) is 12.8 Å². The molecule has 0 bridgehead atoms. The Morgan fingerprint density at radius 2 is 2.13 bits per heavy atom. The second-order valence-corrected chi connectivity index (χ2v) is 4.29. The molecular formula is C11H15N3S. The molecule has 0 aromatic carbocycles. The van der Waals surface area contributed by atoms with Gasteiger partial charge in [-0.1, -0.05) is 5.57 Å². The van der Waals surface area contributed by atoms with Gasteiger partial charge in [-0.25, -0.2) is 0 Å². The first-order chi connectivity index (χ1) is 7.42. The first kappa shape index (κ1) is 10.6. The molecule has 0 unspecified atom stereocenters. The highest BCUT2D eigenvalue weighted by atomic mass is 32.2. The Labute approximate surface area is 94.4 Å². The van der Waals surface area contributed by atoms with Gasteiger partial charge < -0.3 is 5.32 Å². The fourth-order valence-corrected chi connectivity index (χ4v) is 2.61. The minimum absolute atomic E-state index is 1.02. The summed E-state index contributed by atoms with van der Waals surface area (Å²) in [6.45, 7) is 2.17. The van der Waals surface area contributed by atoms with Gasteiger partial charge in [0.2, 0.25) is 0 Å². The average Bonchev–Trinajstić information content (AvgIpc) is 2.33. The fraction of sp³-hybridized carbons (Fsp3) is 0.455. The number of piperidine rings is 1. The zero-order chi connectivity index (χ0) is 10.5. The molecule has 1 aromatic heterocycles. The smallest absolute Gasteiger partial charge is 0.0947 e. The van der Waals surface area contributed by atoms with Gasteiger partial charge in [-0.05, 0) is 32.2 Å². The van der Waals surface area contributed by atoms with Crippen molar-refractivity contribution in [3.63, 3.8) is 0 Å². The van der Waals surface area contributed by atoms with Gasteiger partial charge in [-0.15, -0.1) is 11.8 Å². The summed E-state index contributed by atoms with van der Waals surface area (Å²) >= 11 is 1.78. The number of hydrogen-bond donors (Lipinski definition) is 1. The molecule has 0 amide bonds. The highest BCUT2D eigenvalue weighted by molar-refractivity contribution is 8.07. The van der Waals surface area contributed by atoms with Crippen molar-refractivity contribution < 1.29 is 0 Å². The zero-order valence-corrected chi connectivity index (χ0v) is 9.68. The van der Waals surface area contributed by atoms with Gasteiger partial charge in [-0.2, -0.15) is 0 Å². The molecule has 0 aliphatic carbocycles. The molecule has 80 valence electrons. The molecule has 1 aromatic rings. The topological polar surface area (TPSA) is 37.8 Å². The summed E-state index contributed by atoms with van der Waals surface area (Å²) in [6.07, 6.45) is 9.70. The Bertz CT molecular complexity index is 340. The van der Waals surface area contributed by atoms with Crippen LogP contribution in [-0.2, 0) is 0 Å². The lowest BCUT2D eigenvalue weighted by atomic mass is 10.0. The van der Waals surface area contributed by atoms with Crippen LogP contribution in [0.25, 0.3) is 4.91 Å². The van der Waals surface area contributed by atoms with E-state index in [4.69, 9.17) is 0 Å². The van der Waals surface area contributed by atoms with E-state index in [1.54, 1.807) is 24.2 Å². The first-order valence-electron chi connectivity index (χ1n) is 5.15. The minimum Gasteiger partial charge on any atom is -0.316 e. The van der Waals surface area contributed by atoms with E-state index in [1.165, 1.54) is 10.5 Å². The quantitative estimate of drug-likeness (QED) is 0.828. The molecule has 0 atom stereocenters. The summed E-state index contributed by atoms with van der Waals surface area (Å²) in [6, 6.07) is 0. The lowest BCUT2D eigenvalue weighted by Crippen LogP contribution is -2.23. The summed E-state index contributed by atoms with van der Waals surface area (Å²) in [5.41, 5.74) is 2.53. The van der Waals surface area contributed by atoms with Gasteiger partial charge in [0.1, 0.15) is 0 Å². The third kappa shape index (κ3) is 2.58. The number of rotatable bonds is 2. The molecule has 1 aliphatic heterocycles. The second kappa shape index (κ2) is 5.28. The van der Waals surface area contributed by atoms with Gasteiger partial charge in [0, 0.05) is 17.3 Å². The van der Waals surface area contributed by atoms with Gasteiger partial charge in [0.25, 0.3) is 0 Å². The number of thioether (sulfide) groups is 1. The number of nitrogens with one attached hydrogen (secondary N) is 1. The number of aromatic nitrogens is 2. The molecule has 0 saturated carbocycles. The second-order valence-electron chi connectivity index (χ2n) is 3.48. The van der Waals surface area contributed by atoms with Crippen molar-refractivity contribution in [3.8, 4) is 0 Å². The Balaban J connectivity index is 2.30. The normalized spacial score (nSPS) is 16.5. The van der Waals surface area contributed by atoms with E-state index in [0.29, 0.717) is 0 Å². The van der Waals surface area contributed by atoms with Gasteiger partial charge in [-0.3, -0.25) is 9.97 Å². The molecule has 2 heterocycles.